The van der Waals surface area contributed by atoms with Crippen molar-refractivity contribution in [3.8, 4) is 0 Å². The first-order valence-electron chi connectivity index (χ1n) is 5.58. The fourth-order valence-electron chi connectivity index (χ4n) is 1.55. The first-order valence-corrected chi connectivity index (χ1v) is 6.38. The van der Waals surface area contributed by atoms with Crippen LogP contribution in [0.1, 0.15) is 21.9 Å². The Balaban J connectivity index is 2.08. The van der Waals surface area contributed by atoms with Crippen molar-refractivity contribution in [3.05, 3.63) is 57.8 Å². The van der Waals surface area contributed by atoms with Crippen molar-refractivity contribution in [2.75, 3.05) is 0 Å². The van der Waals surface area contributed by atoms with Gasteiger partial charge in [0, 0.05) is 6.20 Å². The number of benzene rings is 1. The van der Waals surface area contributed by atoms with Crippen LogP contribution in [0.3, 0.4) is 0 Å². The molecule has 6 heteroatoms. The summed E-state index contributed by atoms with van der Waals surface area (Å²) in [5.41, 5.74) is 0.958. The van der Waals surface area contributed by atoms with Crippen molar-refractivity contribution in [2.24, 2.45) is 0 Å². The molecular formula is C13H11BrFN3O. The Bertz CT molecular complexity index is 619. The van der Waals surface area contributed by atoms with E-state index in [9.17, 15) is 9.18 Å². The van der Waals surface area contributed by atoms with Gasteiger partial charge in [-0.15, -0.1) is 0 Å². The molecule has 2 aromatic rings. The highest BCUT2D eigenvalue weighted by Gasteiger charge is 2.12. The molecule has 1 aromatic carbocycles. The zero-order chi connectivity index (χ0) is 13.8. The Morgan fingerprint density at radius 3 is 2.95 bits per heavy atom. The number of nitrogens with one attached hydrogen (secondary N) is 1. The Labute approximate surface area is 118 Å². The Morgan fingerprint density at radius 2 is 2.21 bits per heavy atom. The van der Waals surface area contributed by atoms with Gasteiger partial charge in [0.15, 0.2) is 0 Å². The van der Waals surface area contributed by atoms with Crippen LogP contribution in [0.15, 0.2) is 34.9 Å². The first-order chi connectivity index (χ1) is 9.08. The van der Waals surface area contributed by atoms with E-state index in [1.165, 1.54) is 12.1 Å². The molecule has 1 amide bonds. The monoisotopic (exact) mass is 323 g/mol. The van der Waals surface area contributed by atoms with Crippen molar-refractivity contribution in [3.63, 3.8) is 0 Å². The molecule has 98 valence electrons. The molecule has 1 N–H and O–H groups in total. The maximum atomic E-state index is 13.3. The van der Waals surface area contributed by atoms with Crippen molar-refractivity contribution in [2.45, 2.75) is 13.5 Å². The van der Waals surface area contributed by atoms with Gasteiger partial charge in [-0.2, -0.15) is 0 Å². The number of nitrogens with zero attached hydrogens (tertiary/aromatic N) is 2. The van der Waals surface area contributed by atoms with Gasteiger partial charge in [0.2, 0.25) is 0 Å². The number of hydrogen-bond acceptors (Lipinski definition) is 3. The number of halogens is 2. The molecule has 0 spiro atoms. The van der Waals surface area contributed by atoms with E-state index in [0.717, 1.165) is 0 Å². The number of carbonyl (C=O) groups is 1. The summed E-state index contributed by atoms with van der Waals surface area (Å²) < 4.78 is 13.5. The van der Waals surface area contributed by atoms with Gasteiger partial charge in [-0.3, -0.25) is 4.79 Å². The minimum atomic E-state index is -0.467. The maximum Gasteiger partial charge on any atom is 0.252 e. The van der Waals surface area contributed by atoms with E-state index in [1.54, 1.807) is 25.3 Å². The summed E-state index contributed by atoms with van der Waals surface area (Å²) in [6.07, 6.45) is 1.63. The molecule has 19 heavy (non-hydrogen) atoms. The molecule has 1 heterocycles. The average Bonchev–Trinajstić information content (AvgIpc) is 2.39. The van der Waals surface area contributed by atoms with Crippen molar-refractivity contribution in [1.82, 2.24) is 15.3 Å². The summed E-state index contributed by atoms with van der Waals surface area (Å²) in [5, 5.41) is 2.68. The van der Waals surface area contributed by atoms with Gasteiger partial charge in [-0.05, 0) is 41.1 Å². The van der Waals surface area contributed by atoms with Crippen LogP contribution >= 0.6 is 15.9 Å². The van der Waals surface area contributed by atoms with Crippen LogP contribution in [0.5, 0.6) is 0 Å². The van der Waals surface area contributed by atoms with E-state index in [1.807, 2.05) is 0 Å². The zero-order valence-electron chi connectivity index (χ0n) is 10.2. The van der Waals surface area contributed by atoms with Crippen LogP contribution in [0, 0.1) is 12.7 Å². The predicted molar refractivity (Wildman–Crippen MR) is 72.0 cm³/mol. The smallest absolute Gasteiger partial charge is 0.252 e. The predicted octanol–water partition coefficient (Wildman–Crippen LogP) is 2.62. The second-order valence-electron chi connectivity index (χ2n) is 3.88. The molecule has 0 saturated heterocycles. The highest BCUT2D eigenvalue weighted by Crippen LogP contribution is 2.20. The maximum absolute atomic E-state index is 13.3. The van der Waals surface area contributed by atoms with E-state index in [2.05, 4.69) is 31.2 Å². The number of aromatic nitrogens is 2. The summed E-state index contributed by atoms with van der Waals surface area (Å²) in [7, 11) is 0. The van der Waals surface area contributed by atoms with E-state index < -0.39 is 5.82 Å². The van der Waals surface area contributed by atoms with Gasteiger partial charge in [0.25, 0.3) is 5.91 Å². The standard InChI is InChI=1S/C13H11BrFN3O/c1-8-16-6-5-9(18-8)7-17-13(19)10-3-2-4-11(15)12(10)14/h2-6H,7H2,1H3,(H,17,19). The summed E-state index contributed by atoms with van der Waals surface area (Å²) >= 11 is 3.06. The minimum Gasteiger partial charge on any atom is -0.346 e. The van der Waals surface area contributed by atoms with Crippen molar-refractivity contribution in [1.29, 1.82) is 0 Å². The number of amides is 1. The molecule has 2 rings (SSSR count). The SMILES string of the molecule is Cc1nccc(CNC(=O)c2cccc(F)c2Br)n1. The van der Waals surface area contributed by atoms with Gasteiger partial charge in [-0.25, -0.2) is 14.4 Å². The number of carbonyl (C=O) groups excluding carboxylic acids is 1. The zero-order valence-corrected chi connectivity index (χ0v) is 11.7. The van der Waals surface area contributed by atoms with Crippen LogP contribution in [-0.4, -0.2) is 15.9 Å². The Kier molecular flexibility index (Phi) is 4.21. The molecule has 0 radical (unpaired) electrons. The lowest BCUT2D eigenvalue weighted by molar-refractivity contribution is 0.0949. The Hall–Kier alpha value is -1.82. The number of aryl methyl sites for hydroxylation is 1. The van der Waals surface area contributed by atoms with Crippen LogP contribution in [0.25, 0.3) is 0 Å². The summed E-state index contributed by atoms with van der Waals surface area (Å²) in [4.78, 5) is 20.1. The molecule has 0 fully saturated rings. The molecule has 0 aliphatic rings. The highest BCUT2D eigenvalue weighted by molar-refractivity contribution is 9.10. The minimum absolute atomic E-state index is 0.159. The van der Waals surface area contributed by atoms with Gasteiger partial charge in [0.05, 0.1) is 22.3 Å². The molecule has 0 aliphatic heterocycles. The second kappa shape index (κ2) is 5.88. The van der Waals surface area contributed by atoms with Gasteiger partial charge >= 0.3 is 0 Å². The summed E-state index contributed by atoms with van der Waals surface area (Å²) in [6.45, 7) is 2.04. The second-order valence-corrected chi connectivity index (χ2v) is 4.67. The van der Waals surface area contributed by atoms with Gasteiger partial charge in [0.1, 0.15) is 11.6 Å². The van der Waals surface area contributed by atoms with E-state index in [4.69, 9.17) is 0 Å². The fourth-order valence-corrected chi connectivity index (χ4v) is 1.99. The highest BCUT2D eigenvalue weighted by atomic mass is 79.9. The lowest BCUT2D eigenvalue weighted by Crippen LogP contribution is -2.24. The third kappa shape index (κ3) is 3.35. The Morgan fingerprint density at radius 1 is 1.42 bits per heavy atom. The third-order valence-electron chi connectivity index (χ3n) is 2.46. The number of hydrogen-bond donors (Lipinski definition) is 1. The van der Waals surface area contributed by atoms with Crippen molar-refractivity contribution >= 4 is 21.8 Å². The molecule has 0 unspecified atom stereocenters. The number of rotatable bonds is 3. The molecule has 0 atom stereocenters. The van der Waals surface area contributed by atoms with Crippen LogP contribution in [0.4, 0.5) is 4.39 Å². The van der Waals surface area contributed by atoms with Crippen molar-refractivity contribution < 1.29 is 9.18 Å². The lowest BCUT2D eigenvalue weighted by atomic mass is 10.2. The molecule has 4 nitrogen and oxygen atoms in total. The van der Waals surface area contributed by atoms with Gasteiger partial charge < -0.3 is 5.32 Å². The molecule has 0 aliphatic carbocycles. The van der Waals surface area contributed by atoms with Crippen LogP contribution in [-0.2, 0) is 6.54 Å². The van der Waals surface area contributed by atoms with Crippen LogP contribution < -0.4 is 5.32 Å². The van der Waals surface area contributed by atoms with E-state index in [0.29, 0.717) is 11.5 Å². The lowest BCUT2D eigenvalue weighted by Gasteiger charge is -2.07. The van der Waals surface area contributed by atoms with E-state index in [-0.39, 0.29) is 22.5 Å². The quantitative estimate of drug-likeness (QED) is 0.944. The topological polar surface area (TPSA) is 54.9 Å². The molecule has 0 bridgehead atoms. The molecular weight excluding hydrogens is 313 g/mol. The summed E-state index contributed by atoms with van der Waals surface area (Å²) in [5.74, 6) is -0.188. The largest absolute Gasteiger partial charge is 0.346 e. The van der Waals surface area contributed by atoms with E-state index >= 15 is 0 Å². The van der Waals surface area contributed by atoms with Gasteiger partial charge in [-0.1, -0.05) is 6.07 Å². The molecule has 0 saturated carbocycles. The summed E-state index contributed by atoms with van der Waals surface area (Å²) in [6, 6.07) is 6.04. The first kappa shape index (κ1) is 13.6. The van der Waals surface area contributed by atoms with Crippen LogP contribution in [0.2, 0.25) is 0 Å². The fraction of sp³-hybridized carbons (Fsp3) is 0.154. The average molecular weight is 324 g/mol. The molecule has 1 aromatic heterocycles. The third-order valence-corrected chi connectivity index (χ3v) is 3.27. The normalized spacial score (nSPS) is 10.3.